The molecule has 1 aromatic rings. The summed E-state index contributed by atoms with van der Waals surface area (Å²) in [5, 5.41) is 11.3. The van der Waals surface area contributed by atoms with Crippen molar-refractivity contribution in [2.45, 2.75) is 40.0 Å². The Labute approximate surface area is 128 Å². The van der Waals surface area contributed by atoms with E-state index in [9.17, 15) is 14.4 Å². The molecule has 0 radical (unpaired) electrons. The van der Waals surface area contributed by atoms with Crippen LogP contribution in [0.3, 0.4) is 0 Å². The third-order valence-electron chi connectivity index (χ3n) is 3.09. The molecule has 0 aliphatic rings. The number of carboxylic acids is 1. The zero-order valence-corrected chi connectivity index (χ0v) is 13.4. The zero-order valence-electron chi connectivity index (χ0n) is 12.6. The lowest BCUT2D eigenvalue weighted by Gasteiger charge is -2.10. The van der Waals surface area contributed by atoms with Crippen molar-refractivity contribution >= 4 is 29.0 Å². The van der Waals surface area contributed by atoms with Crippen LogP contribution in [0.4, 0.5) is 0 Å². The number of amides is 1. The standard InChI is InChI=1S/C15H21NO4S/c1-9(6-15(19)20)8-16-14(18)5-4-13(17)12-7-10(2)21-11(12)3/h7,9H,4-6,8H2,1-3H3,(H,16,18)(H,19,20). The number of hydrogen-bond donors (Lipinski definition) is 2. The largest absolute Gasteiger partial charge is 0.481 e. The average Bonchev–Trinajstić information content (AvgIpc) is 2.72. The summed E-state index contributed by atoms with van der Waals surface area (Å²) in [6.45, 7) is 5.93. The topological polar surface area (TPSA) is 83.5 Å². The fourth-order valence-electron chi connectivity index (χ4n) is 2.02. The molecule has 5 nitrogen and oxygen atoms in total. The number of carbonyl (C=O) groups excluding carboxylic acids is 2. The number of thiophene rings is 1. The third kappa shape index (κ3) is 6.08. The highest BCUT2D eigenvalue weighted by molar-refractivity contribution is 7.12. The van der Waals surface area contributed by atoms with Crippen molar-refractivity contribution in [1.82, 2.24) is 5.32 Å². The van der Waals surface area contributed by atoms with Gasteiger partial charge in [-0.2, -0.15) is 0 Å². The Morgan fingerprint density at radius 2 is 1.95 bits per heavy atom. The molecule has 1 heterocycles. The Kier molecular flexibility index (Phi) is 6.55. The van der Waals surface area contributed by atoms with Crippen molar-refractivity contribution in [1.29, 1.82) is 0 Å². The summed E-state index contributed by atoms with van der Waals surface area (Å²) in [6.07, 6.45) is 0.329. The molecule has 6 heteroatoms. The highest BCUT2D eigenvalue weighted by Gasteiger charge is 2.14. The van der Waals surface area contributed by atoms with E-state index in [2.05, 4.69) is 5.32 Å². The molecule has 0 fully saturated rings. The molecule has 1 unspecified atom stereocenters. The van der Waals surface area contributed by atoms with E-state index in [0.717, 1.165) is 9.75 Å². The Morgan fingerprint density at radius 1 is 1.29 bits per heavy atom. The van der Waals surface area contributed by atoms with Gasteiger partial charge in [0.1, 0.15) is 0 Å². The summed E-state index contributed by atoms with van der Waals surface area (Å²) in [5.74, 6) is -1.24. The van der Waals surface area contributed by atoms with Crippen molar-refractivity contribution in [3.05, 3.63) is 21.4 Å². The van der Waals surface area contributed by atoms with Crippen LogP contribution in [-0.4, -0.2) is 29.3 Å². The first-order valence-electron chi connectivity index (χ1n) is 6.88. The van der Waals surface area contributed by atoms with Gasteiger partial charge in [0.2, 0.25) is 5.91 Å². The summed E-state index contributed by atoms with van der Waals surface area (Å²) < 4.78 is 0. The SMILES string of the molecule is Cc1cc(C(=O)CCC(=O)NCC(C)CC(=O)O)c(C)s1. The molecule has 1 atom stereocenters. The van der Waals surface area contributed by atoms with Crippen molar-refractivity contribution in [3.63, 3.8) is 0 Å². The minimum atomic E-state index is -0.879. The third-order valence-corrected chi connectivity index (χ3v) is 4.06. The molecule has 0 bridgehead atoms. The van der Waals surface area contributed by atoms with Crippen LogP contribution in [0.25, 0.3) is 0 Å². The van der Waals surface area contributed by atoms with E-state index in [0.29, 0.717) is 12.1 Å². The zero-order chi connectivity index (χ0) is 16.0. The number of Topliss-reactive ketones (excluding diaryl/α,β-unsaturated/α-hetero) is 1. The molecule has 0 aliphatic carbocycles. The minimum Gasteiger partial charge on any atom is -0.481 e. The number of rotatable bonds is 8. The fraction of sp³-hybridized carbons (Fsp3) is 0.533. The molecule has 0 spiro atoms. The number of hydrogen-bond acceptors (Lipinski definition) is 4. The van der Waals surface area contributed by atoms with Crippen LogP contribution in [0, 0.1) is 19.8 Å². The van der Waals surface area contributed by atoms with Gasteiger partial charge in [-0.1, -0.05) is 6.92 Å². The summed E-state index contributed by atoms with van der Waals surface area (Å²) in [7, 11) is 0. The molecule has 0 aromatic carbocycles. The van der Waals surface area contributed by atoms with E-state index in [1.807, 2.05) is 19.9 Å². The second-order valence-corrected chi connectivity index (χ2v) is 6.72. The van der Waals surface area contributed by atoms with Crippen molar-refractivity contribution in [2.24, 2.45) is 5.92 Å². The second kappa shape index (κ2) is 7.93. The van der Waals surface area contributed by atoms with E-state index in [1.165, 1.54) is 0 Å². The van der Waals surface area contributed by atoms with E-state index in [4.69, 9.17) is 5.11 Å². The number of aryl methyl sites for hydroxylation is 2. The average molecular weight is 311 g/mol. The lowest BCUT2D eigenvalue weighted by Crippen LogP contribution is -2.29. The highest BCUT2D eigenvalue weighted by Crippen LogP contribution is 2.22. The lowest BCUT2D eigenvalue weighted by molar-refractivity contribution is -0.138. The predicted molar refractivity (Wildman–Crippen MR) is 81.8 cm³/mol. The van der Waals surface area contributed by atoms with Crippen molar-refractivity contribution in [2.75, 3.05) is 6.54 Å². The van der Waals surface area contributed by atoms with Gasteiger partial charge in [-0.15, -0.1) is 11.3 Å². The number of nitrogens with one attached hydrogen (secondary N) is 1. The van der Waals surface area contributed by atoms with Gasteiger partial charge in [0.25, 0.3) is 0 Å². The molecular formula is C15H21NO4S. The second-order valence-electron chi connectivity index (χ2n) is 5.26. The molecule has 1 amide bonds. The summed E-state index contributed by atoms with van der Waals surface area (Å²) >= 11 is 1.57. The minimum absolute atomic E-state index is 0.0204. The van der Waals surface area contributed by atoms with Gasteiger partial charge in [-0.3, -0.25) is 14.4 Å². The van der Waals surface area contributed by atoms with Gasteiger partial charge in [-0.25, -0.2) is 0 Å². The van der Waals surface area contributed by atoms with E-state index in [1.54, 1.807) is 18.3 Å². The molecule has 116 valence electrons. The first-order valence-corrected chi connectivity index (χ1v) is 7.70. The van der Waals surface area contributed by atoms with Crippen LogP contribution in [-0.2, 0) is 9.59 Å². The van der Waals surface area contributed by atoms with Gasteiger partial charge in [0.15, 0.2) is 5.78 Å². The molecule has 0 saturated carbocycles. The number of carboxylic acid groups (broad SMARTS) is 1. The Balaban J connectivity index is 2.34. The molecule has 1 aromatic heterocycles. The Hall–Kier alpha value is -1.69. The van der Waals surface area contributed by atoms with Crippen LogP contribution < -0.4 is 5.32 Å². The van der Waals surface area contributed by atoms with Gasteiger partial charge >= 0.3 is 5.97 Å². The van der Waals surface area contributed by atoms with Gasteiger partial charge in [-0.05, 0) is 25.8 Å². The van der Waals surface area contributed by atoms with E-state index < -0.39 is 5.97 Å². The number of carbonyl (C=O) groups is 3. The van der Waals surface area contributed by atoms with Gasteiger partial charge in [0.05, 0.1) is 0 Å². The molecule has 2 N–H and O–H groups in total. The number of ketones is 1. The van der Waals surface area contributed by atoms with Crippen LogP contribution in [0.15, 0.2) is 6.07 Å². The quantitative estimate of drug-likeness (QED) is 0.723. The van der Waals surface area contributed by atoms with Crippen LogP contribution in [0.2, 0.25) is 0 Å². The normalized spacial score (nSPS) is 12.0. The van der Waals surface area contributed by atoms with E-state index >= 15 is 0 Å². The monoisotopic (exact) mass is 311 g/mol. The van der Waals surface area contributed by atoms with Gasteiger partial charge < -0.3 is 10.4 Å². The maximum Gasteiger partial charge on any atom is 0.303 e. The summed E-state index contributed by atoms with van der Waals surface area (Å²) in [5.41, 5.74) is 0.699. The van der Waals surface area contributed by atoms with Crippen LogP contribution >= 0.6 is 11.3 Å². The summed E-state index contributed by atoms with van der Waals surface area (Å²) in [4.78, 5) is 36.2. The first-order chi connectivity index (χ1) is 9.79. The summed E-state index contributed by atoms with van der Waals surface area (Å²) in [6, 6.07) is 1.86. The maximum atomic E-state index is 12.0. The predicted octanol–water partition coefficient (Wildman–Crippen LogP) is 2.55. The van der Waals surface area contributed by atoms with Gasteiger partial charge in [0, 0.05) is 41.1 Å². The molecule has 0 saturated heterocycles. The van der Waals surface area contributed by atoms with Crippen molar-refractivity contribution in [3.8, 4) is 0 Å². The molecule has 21 heavy (non-hydrogen) atoms. The van der Waals surface area contributed by atoms with Crippen molar-refractivity contribution < 1.29 is 19.5 Å². The smallest absolute Gasteiger partial charge is 0.303 e. The Bertz CT molecular complexity index is 536. The Morgan fingerprint density at radius 3 is 2.48 bits per heavy atom. The molecular weight excluding hydrogens is 290 g/mol. The highest BCUT2D eigenvalue weighted by atomic mass is 32.1. The van der Waals surface area contributed by atoms with Crippen LogP contribution in [0.1, 0.15) is 46.3 Å². The fourth-order valence-corrected chi connectivity index (χ4v) is 2.96. The van der Waals surface area contributed by atoms with E-state index in [-0.39, 0.29) is 36.9 Å². The molecule has 1 rings (SSSR count). The maximum absolute atomic E-state index is 12.0. The lowest BCUT2D eigenvalue weighted by atomic mass is 10.1. The van der Waals surface area contributed by atoms with Crippen LogP contribution in [0.5, 0.6) is 0 Å². The molecule has 0 aliphatic heterocycles. The number of aliphatic carboxylic acids is 1. The first kappa shape index (κ1) is 17.4.